The molecule has 1 aliphatic carbocycles. The number of hydrogen-bond acceptors (Lipinski definition) is 4. The number of anilines is 1. The zero-order valence-corrected chi connectivity index (χ0v) is 12.7. The van der Waals surface area contributed by atoms with E-state index >= 15 is 0 Å². The molecular weight excluding hydrogens is 266 g/mol. The van der Waals surface area contributed by atoms with E-state index in [2.05, 4.69) is 23.3 Å². The molecule has 1 aromatic rings. The predicted octanol–water partition coefficient (Wildman–Crippen LogP) is 3.41. The van der Waals surface area contributed by atoms with Crippen LogP contribution in [0.4, 0.5) is 5.13 Å². The number of thiazole rings is 1. The van der Waals surface area contributed by atoms with Crippen molar-refractivity contribution < 1.29 is 0 Å². The van der Waals surface area contributed by atoms with E-state index in [9.17, 15) is 0 Å². The Bertz CT molecular complexity index is 435. The Kier molecular flexibility index (Phi) is 4.65. The van der Waals surface area contributed by atoms with E-state index in [1.807, 2.05) is 19.0 Å². The van der Waals surface area contributed by atoms with Crippen LogP contribution in [-0.2, 0) is 0 Å². The Morgan fingerprint density at radius 2 is 2.28 bits per heavy atom. The van der Waals surface area contributed by atoms with Gasteiger partial charge >= 0.3 is 0 Å². The highest BCUT2D eigenvalue weighted by Crippen LogP contribution is 2.30. The van der Waals surface area contributed by atoms with Crippen LogP contribution < -0.4 is 10.2 Å². The standard InChI is InChI=1S/C13H20ClN3S/c1-4-9(8-15-10-5-6-10)7-11-12(14)16-13(18-11)17(2)3/h7,10,15H,4-6,8H2,1-3H3. The third kappa shape index (κ3) is 3.70. The molecule has 2 rings (SSSR count). The van der Waals surface area contributed by atoms with Gasteiger partial charge in [-0.1, -0.05) is 35.4 Å². The van der Waals surface area contributed by atoms with Crippen LogP contribution in [0.2, 0.25) is 5.15 Å². The van der Waals surface area contributed by atoms with Crippen LogP contribution in [0.15, 0.2) is 5.57 Å². The highest BCUT2D eigenvalue weighted by Gasteiger charge is 2.20. The van der Waals surface area contributed by atoms with Gasteiger partial charge in [-0.2, -0.15) is 0 Å². The van der Waals surface area contributed by atoms with Gasteiger partial charge < -0.3 is 10.2 Å². The van der Waals surface area contributed by atoms with Gasteiger partial charge in [0.2, 0.25) is 0 Å². The van der Waals surface area contributed by atoms with Crippen LogP contribution in [0.1, 0.15) is 31.1 Å². The smallest absolute Gasteiger partial charge is 0.186 e. The number of nitrogens with one attached hydrogen (secondary N) is 1. The Balaban J connectivity index is 2.07. The Labute approximate surface area is 118 Å². The van der Waals surface area contributed by atoms with Crippen LogP contribution >= 0.6 is 22.9 Å². The minimum absolute atomic E-state index is 0.612. The molecule has 0 radical (unpaired) electrons. The summed E-state index contributed by atoms with van der Waals surface area (Å²) in [6.45, 7) is 3.15. The minimum Gasteiger partial charge on any atom is -0.354 e. The van der Waals surface area contributed by atoms with Crippen molar-refractivity contribution in [2.45, 2.75) is 32.2 Å². The molecule has 1 heterocycles. The molecule has 5 heteroatoms. The fraction of sp³-hybridized carbons (Fsp3) is 0.615. The molecule has 100 valence electrons. The maximum absolute atomic E-state index is 6.17. The molecule has 1 aliphatic rings. The van der Waals surface area contributed by atoms with E-state index < -0.39 is 0 Å². The summed E-state index contributed by atoms with van der Waals surface area (Å²) in [5.74, 6) is 0. The first-order chi connectivity index (χ1) is 8.60. The lowest BCUT2D eigenvalue weighted by molar-refractivity contribution is 0.723. The first kappa shape index (κ1) is 13.8. The van der Waals surface area contributed by atoms with Gasteiger partial charge in [0, 0.05) is 26.7 Å². The maximum atomic E-state index is 6.17. The summed E-state index contributed by atoms with van der Waals surface area (Å²) in [6.07, 6.45) is 5.87. The molecule has 18 heavy (non-hydrogen) atoms. The Morgan fingerprint density at radius 3 is 2.78 bits per heavy atom. The van der Waals surface area contributed by atoms with E-state index in [4.69, 9.17) is 11.6 Å². The minimum atomic E-state index is 0.612. The van der Waals surface area contributed by atoms with Gasteiger partial charge in [0.25, 0.3) is 0 Å². The van der Waals surface area contributed by atoms with Crippen molar-refractivity contribution in [3.8, 4) is 0 Å². The third-order valence-corrected chi connectivity index (χ3v) is 4.54. The number of nitrogens with zero attached hydrogens (tertiary/aromatic N) is 2. The molecule has 0 aliphatic heterocycles. The first-order valence-electron chi connectivity index (χ1n) is 6.36. The number of hydrogen-bond donors (Lipinski definition) is 1. The van der Waals surface area contributed by atoms with Crippen LogP contribution in [0.5, 0.6) is 0 Å². The summed E-state index contributed by atoms with van der Waals surface area (Å²) >= 11 is 7.81. The second-order valence-electron chi connectivity index (χ2n) is 4.86. The first-order valence-corrected chi connectivity index (χ1v) is 7.56. The molecule has 0 amide bonds. The summed E-state index contributed by atoms with van der Waals surface area (Å²) in [4.78, 5) is 7.40. The predicted molar refractivity (Wildman–Crippen MR) is 80.7 cm³/mol. The maximum Gasteiger partial charge on any atom is 0.186 e. The normalized spacial score (nSPS) is 16.1. The lowest BCUT2D eigenvalue weighted by atomic mass is 10.2. The van der Waals surface area contributed by atoms with Crippen molar-refractivity contribution in [3.05, 3.63) is 15.6 Å². The molecule has 1 saturated carbocycles. The molecule has 0 atom stereocenters. The summed E-state index contributed by atoms with van der Waals surface area (Å²) in [6, 6.07) is 0.745. The van der Waals surface area contributed by atoms with Crippen molar-refractivity contribution in [1.29, 1.82) is 0 Å². The summed E-state index contributed by atoms with van der Waals surface area (Å²) in [5, 5.41) is 5.11. The van der Waals surface area contributed by atoms with E-state index in [0.29, 0.717) is 5.15 Å². The van der Waals surface area contributed by atoms with Gasteiger partial charge in [0.1, 0.15) is 5.15 Å². The van der Waals surface area contributed by atoms with Gasteiger partial charge in [-0.15, -0.1) is 0 Å². The lowest BCUT2D eigenvalue weighted by Crippen LogP contribution is -2.18. The quantitative estimate of drug-likeness (QED) is 0.868. The third-order valence-electron chi connectivity index (χ3n) is 2.97. The van der Waals surface area contributed by atoms with E-state index in [-0.39, 0.29) is 0 Å². The van der Waals surface area contributed by atoms with Gasteiger partial charge in [-0.25, -0.2) is 4.98 Å². The summed E-state index contributed by atoms with van der Waals surface area (Å²) in [5.41, 5.74) is 1.39. The van der Waals surface area contributed by atoms with Crippen LogP contribution in [0.25, 0.3) is 6.08 Å². The van der Waals surface area contributed by atoms with Crippen molar-refractivity contribution in [3.63, 3.8) is 0 Å². The fourth-order valence-electron chi connectivity index (χ4n) is 1.61. The molecule has 1 N–H and O–H groups in total. The van der Waals surface area contributed by atoms with Gasteiger partial charge in [0.15, 0.2) is 5.13 Å². The van der Waals surface area contributed by atoms with E-state index in [0.717, 1.165) is 29.0 Å². The van der Waals surface area contributed by atoms with Crippen molar-refractivity contribution in [2.75, 3.05) is 25.5 Å². The van der Waals surface area contributed by atoms with Crippen molar-refractivity contribution >= 4 is 34.1 Å². The molecular formula is C13H20ClN3S. The van der Waals surface area contributed by atoms with Gasteiger partial charge in [-0.3, -0.25) is 0 Å². The average Bonchev–Trinajstić information content (AvgIpc) is 3.09. The zero-order valence-electron chi connectivity index (χ0n) is 11.2. The number of aromatic nitrogens is 1. The van der Waals surface area contributed by atoms with Crippen LogP contribution in [0, 0.1) is 0 Å². The molecule has 0 saturated heterocycles. The van der Waals surface area contributed by atoms with Crippen molar-refractivity contribution in [1.82, 2.24) is 10.3 Å². The van der Waals surface area contributed by atoms with Crippen molar-refractivity contribution in [2.24, 2.45) is 0 Å². The summed E-state index contributed by atoms with van der Waals surface area (Å²) in [7, 11) is 3.97. The molecule has 1 fully saturated rings. The number of rotatable bonds is 6. The summed E-state index contributed by atoms with van der Waals surface area (Å²) < 4.78 is 0. The topological polar surface area (TPSA) is 28.2 Å². The zero-order chi connectivity index (χ0) is 13.1. The molecule has 0 unspecified atom stereocenters. The Morgan fingerprint density at radius 1 is 1.56 bits per heavy atom. The van der Waals surface area contributed by atoms with Gasteiger partial charge in [-0.05, 0) is 25.3 Å². The van der Waals surface area contributed by atoms with Gasteiger partial charge in [0.05, 0.1) is 4.88 Å². The van der Waals surface area contributed by atoms with Crippen LogP contribution in [0.3, 0.4) is 0 Å². The Hall–Kier alpha value is -0.580. The second-order valence-corrected chi connectivity index (χ2v) is 6.22. The monoisotopic (exact) mass is 285 g/mol. The van der Waals surface area contributed by atoms with Crippen LogP contribution in [-0.4, -0.2) is 31.7 Å². The second kappa shape index (κ2) is 6.04. The molecule has 0 bridgehead atoms. The lowest BCUT2D eigenvalue weighted by Gasteiger charge is -2.06. The van der Waals surface area contributed by atoms with E-state index in [1.165, 1.54) is 18.4 Å². The fourth-order valence-corrected chi connectivity index (χ4v) is 2.78. The largest absolute Gasteiger partial charge is 0.354 e. The SMILES string of the molecule is CCC(=Cc1sc(N(C)C)nc1Cl)CNC1CC1. The number of halogens is 1. The van der Waals surface area contributed by atoms with E-state index in [1.54, 1.807) is 11.3 Å². The molecule has 1 aromatic heterocycles. The molecule has 3 nitrogen and oxygen atoms in total. The molecule has 0 spiro atoms. The molecule has 0 aromatic carbocycles. The highest BCUT2D eigenvalue weighted by molar-refractivity contribution is 7.17. The average molecular weight is 286 g/mol. The highest BCUT2D eigenvalue weighted by atomic mass is 35.5.